The first-order valence-corrected chi connectivity index (χ1v) is 5.07. The van der Waals surface area contributed by atoms with Crippen LogP contribution in [-0.4, -0.2) is 11.7 Å². The Kier molecular flexibility index (Phi) is 2.04. The summed E-state index contributed by atoms with van der Waals surface area (Å²) in [5.74, 6) is 1.34. The van der Waals surface area contributed by atoms with E-state index in [4.69, 9.17) is 5.73 Å². The molecule has 0 amide bonds. The normalized spacial score (nSPS) is 28.8. The van der Waals surface area contributed by atoms with Crippen molar-refractivity contribution in [2.75, 3.05) is 6.54 Å². The Hall–Kier alpha value is -1.02. The molecule has 3 N–H and O–H groups in total. The van der Waals surface area contributed by atoms with Crippen molar-refractivity contribution >= 4 is 0 Å². The Morgan fingerprint density at radius 2 is 2.00 bits per heavy atom. The zero-order valence-corrected chi connectivity index (χ0v) is 8.70. The lowest BCUT2D eigenvalue weighted by atomic mass is 10.0. The van der Waals surface area contributed by atoms with Gasteiger partial charge in [0.1, 0.15) is 5.75 Å². The van der Waals surface area contributed by atoms with Crippen molar-refractivity contribution in [3.8, 4) is 5.75 Å². The third-order valence-electron chi connectivity index (χ3n) is 3.58. The third kappa shape index (κ3) is 1.22. The highest BCUT2D eigenvalue weighted by Crippen LogP contribution is 2.65. The van der Waals surface area contributed by atoms with E-state index in [1.54, 1.807) is 6.07 Å². The number of para-hydroxylation sites is 1. The minimum absolute atomic E-state index is 0.244. The van der Waals surface area contributed by atoms with E-state index in [2.05, 4.69) is 13.8 Å². The number of phenols is 1. The maximum atomic E-state index is 9.73. The molecular weight excluding hydrogens is 174 g/mol. The van der Waals surface area contributed by atoms with Crippen LogP contribution in [0.25, 0.3) is 0 Å². The van der Waals surface area contributed by atoms with Gasteiger partial charge < -0.3 is 10.8 Å². The van der Waals surface area contributed by atoms with E-state index in [0.29, 0.717) is 24.1 Å². The molecule has 2 atom stereocenters. The molecule has 1 fully saturated rings. The van der Waals surface area contributed by atoms with Gasteiger partial charge in [-0.2, -0.15) is 0 Å². The summed E-state index contributed by atoms with van der Waals surface area (Å²) in [5.41, 5.74) is 7.00. The van der Waals surface area contributed by atoms with Crippen molar-refractivity contribution in [3.05, 3.63) is 29.8 Å². The fourth-order valence-electron chi connectivity index (χ4n) is 2.55. The van der Waals surface area contributed by atoms with E-state index >= 15 is 0 Å². The van der Waals surface area contributed by atoms with Crippen molar-refractivity contribution in [2.24, 2.45) is 17.1 Å². The van der Waals surface area contributed by atoms with Gasteiger partial charge in [0.2, 0.25) is 0 Å². The monoisotopic (exact) mass is 191 g/mol. The van der Waals surface area contributed by atoms with E-state index in [1.165, 1.54) is 0 Å². The van der Waals surface area contributed by atoms with Crippen LogP contribution < -0.4 is 5.73 Å². The molecule has 14 heavy (non-hydrogen) atoms. The van der Waals surface area contributed by atoms with Crippen LogP contribution in [0.5, 0.6) is 5.75 Å². The molecule has 0 aliphatic heterocycles. The predicted octanol–water partition coefficient (Wildman–Crippen LogP) is 2.09. The van der Waals surface area contributed by atoms with Crippen molar-refractivity contribution in [1.82, 2.24) is 0 Å². The molecule has 1 aliphatic carbocycles. The van der Waals surface area contributed by atoms with Crippen LogP contribution in [0.2, 0.25) is 0 Å². The summed E-state index contributed by atoms with van der Waals surface area (Å²) in [6.07, 6.45) is 0. The van der Waals surface area contributed by atoms with Gasteiger partial charge >= 0.3 is 0 Å². The Morgan fingerprint density at radius 3 is 2.50 bits per heavy atom. The summed E-state index contributed by atoms with van der Waals surface area (Å²) in [6.45, 7) is 5.12. The Bertz CT molecular complexity index is 346. The first-order chi connectivity index (χ1) is 6.59. The summed E-state index contributed by atoms with van der Waals surface area (Å²) in [6, 6.07) is 7.57. The molecule has 0 aromatic heterocycles. The molecule has 0 saturated heterocycles. The minimum Gasteiger partial charge on any atom is -0.508 e. The Morgan fingerprint density at radius 1 is 1.36 bits per heavy atom. The quantitative estimate of drug-likeness (QED) is 0.752. The van der Waals surface area contributed by atoms with E-state index in [0.717, 1.165) is 5.56 Å². The number of hydrogen-bond acceptors (Lipinski definition) is 2. The summed E-state index contributed by atoms with van der Waals surface area (Å²) in [4.78, 5) is 0. The lowest BCUT2D eigenvalue weighted by molar-refractivity contribution is 0.464. The summed E-state index contributed by atoms with van der Waals surface area (Å²) < 4.78 is 0. The lowest BCUT2D eigenvalue weighted by Crippen LogP contribution is -2.05. The average Bonchev–Trinajstić information content (AvgIpc) is 2.69. The Labute approximate surface area is 84.7 Å². The lowest BCUT2D eigenvalue weighted by Gasteiger charge is -2.04. The number of aromatic hydroxyl groups is 1. The number of hydrogen-bond donors (Lipinski definition) is 2. The van der Waals surface area contributed by atoms with Gasteiger partial charge in [0.15, 0.2) is 0 Å². The van der Waals surface area contributed by atoms with Crippen LogP contribution in [0.15, 0.2) is 24.3 Å². The van der Waals surface area contributed by atoms with Crippen molar-refractivity contribution in [3.63, 3.8) is 0 Å². The molecule has 0 unspecified atom stereocenters. The highest BCUT2D eigenvalue weighted by molar-refractivity contribution is 5.41. The smallest absolute Gasteiger partial charge is 0.119 e. The highest BCUT2D eigenvalue weighted by atomic mass is 16.3. The van der Waals surface area contributed by atoms with Gasteiger partial charge in [-0.3, -0.25) is 0 Å². The van der Waals surface area contributed by atoms with Crippen LogP contribution in [0.3, 0.4) is 0 Å². The number of nitrogens with two attached hydrogens (primary N) is 1. The zero-order chi connectivity index (χ0) is 10.3. The van der Waals surface area contributed by atoms with E-state index in [1.807, 2.05) is 18.2 Å². The van der Waals surface area contributed by atoms with E-state index < -0.39 is 0 Å². The molecule has 0 spiro atoms. The fourth-order valence-corrected chi connectivity index (χ4v) is 2.55. The second kappa shape index (κ2) is 2.99. The molecule has 1 aromatic rings. The first kappa shape index (κ1) is 9.53. The predicted molar refractivity (Wildman–Crippen MR) is 57.2 cm³/mol. The van der Waals surface area contributed by atoms with Crippen LogP contribution in [-0.2, 0) is 0 Å². The van der Waals surface area contributed by atoms with Gasteiger partial charge in [-0.1, -0.05) is 32.0 Å². The molecular formula is C12H17NO. The molecule has 2 heteroatoms. The molecule has 1 aromatic carbocycles. The van der Waals surface area contributed by atoms with E-state index in [9.17, 15) is 5.11 Å². The van der Waals surface area contributed by atoms with Crippen molar-refractivity contribution in [2.45, 2.75) is 19.8 Å². The van der Waals surface area contributed by atoms with Gasteiger partial charge in [-0.25, -0.2) is 0 Å². The first-order valence-electron chi connectivity index (χ1n) is 5.07. The molecule has 0 radical (unpaired) electrons. The van der Waals surface area contributed by atoms with Gasteiger partial charge in [0.25, 0.3) is 0 Å². The summed E-state index contributed by atoms with van der Waals surface area (Å²) in [7, 11) is 0. The Balaban J connectivity index is 2.31. The van der Waals surface area contributed by atoms with Crippen LogP contribution >= 0.6 is 0 Å². The van der Waals surface area contributed by atoms with Gasteiger partial charge in [0, 0.05) is 0 Å². The maximum Gasteiger partial charge on any atom is 0.119 e. The van der Waals surface area contributed by atoms with Crippen molar-refractivity contribution < 1.29 is 5.11 Å². The summed E-state index contributed by atoms with van der Waals surface area (Å²) in [5, 5.41) is 9.73. The van der Waals surface area contributed by atoms with E-state index in [-0.39, 0.29) is 5.41 Å². The topological polar surface area (TPSA) is 46.2 Å². The maximum absolute atomic E-state index is 9.73. The highest BCUT2D eigenvalue weighted by Gasteiger charge is 2.57. The molecule has 2 rings (SSSR count). The minimum atomic E-state index is 0.244. The molecule has 1 saturated carbocycles. The average molecular weight is 191 g/mol. The molecule has 0 bridgehead atoms. The molecule has 2 nitrogen and oxygen atoms in total. The second-order valence-corrected chi connectivity index (χ2v) is 4.70. The third-order valence-corrected chi connectivity index (χ3v) is 3.58. The van der Waals surface area contributed by atoms with Gasteiger partial charge in [-0.05, 0) is 35.4 Å². The van der Waals surface area contributed by atoms with Gasteiger partial charge in [0.05, 0.1) is 0 Å². The van der Waals surface area contributed by atoms with Crippen LogP contribution in [0.1, 0.15) is 25.3 Å². The van der Waals surface area contributed by atoms with Crippen LogP contribution in [0, 0.1) is 11.3 Å². The zero-order valence-electron chi connectivity index (χ0n) is 8.70. The molecule has 0 heterocycles. The van der Waals surface area contributed by atoms with Gasteiger partial charge in [-0.15, -0.1) is 0 Å². The molecule has 76 valence electrons. The number of rotatable bonds is 2. The van der Waals surface area contributed by atoms with Crippen LogP contribution in [0.4, 0.5) is 0 Å². The second-order valence-electron chi connectivity index (χ2n) is 4.70. The largest absolute Gasteiger partial charge is 0.508 e. The summed E-state index contributed by atoms with van der Waals surface area (Å²) >= 11 is 0. The fraction of sp³-hybridized carbons (Fsp3) is 0.500. The number of benzene rings is 1. The standard InChI is InChI=1S/C12H17NO/c1-12(2)9(7-13)11(12)8-5-3-4-6-10(8)14/h3-6,9,11,14H,7,13H2,1-2H3/t9-,11-/m0/s1. The number of phenolic OH excluding ortho intramolecular Hbond substituents is 1. The molecule has 1 aliphatic rings. The SMILES string of the molecule is CC1(C)[C@@H](CN)[C@@H]1c1ccccc1O. The van der Waals surface area contributed by atoms with Crippen molar-refractivity contribution in [1.29, 1.82) is 0 Å².